The molecule has 10 heterocycles. The zero-order valence-corrected chi connectivity index (χ0v) is 63.2. The first-order valence-corrected chi connectivity index (χ1v) is 36.5. The third-order valence-corrected chi connectivity index (χ3v) is 19.8. The summed E-state index contributed by atoms with van der Waals surface area (Å²) in [5.41, 5.74) is 4.32. The van der Waals surface area contributed by atoms with Gasteiger partial charge in [-0.05, 0) is 136 Å². The molecule has 18 N–H and O–H groups in total. The molecule has 5 fully saturated rings. The van der Waals surface area contributed by atoms with Gasteiger partial charge in [-0.1, -0.05) is 6.58 Å². The average Bonchev–Trinajstić information content (AvgIpc) is 0.812. The molecule has 24 unspecified atom stereocenters. The van der Waals surface area contributed by atoms with Gasteiger partial charge in [0.05, 0.1) is 32.5 Å². The number of hydrogen-bond acceptors (Lipinski definition) is 37. The van der Waals surface area contributed by atoms with Crippen LogP contribution in [0.5, 0.6) is 34.5 Å². The van der Waals surface area contributed by atoms with Gasteiger partial charge in [-0.25, -0.2) is 19.2 Å². The molecule has 6 aliphatic rings. The highest BCUT2D eigenvalue weighted by molar-refractivity contribution is 5.84. The van der Waals surface area contributed by atoms with Crippen molar-refractivity contribution in [2.45, 2.75) is 189 Å². The van der Waals surface area contributed by atoms with Gasteiger partial charge in [-0.3, -0.25) is 0 Å². The fraction of sp³-hybridized carbons (Fsp3) is 0.425. The van der Waals surface area contributed by atoms with Crippen molar-refractivity contribution in [1.82, 2.24) is 0 Å². The monoisotopic (exact) mass is 1640 g/mol. The van der Waals surface area contributed by atoms with Crippen molar-refractivity contribution in [3.63, 3.8) is 0 Å². The summed E-state index contributed by atoms with van der Waals surface area (Å²) in [4.78, 5) is 45.8. The maximum absolute atomic E-state index is 11.5. The first-order chi connectivity index (χ1) is 55.5. The van der Waals surface area contributed by atoms with E-state index in [1.807, 2.05) is 19.1 Å². The smallest absolute Gasteiger partial charge is 0.336 e. The summed E-state index contributed by atoms with van der Waals surface area (Å²) >= 11 is 0. The van der Waals surface area contributed by atoms with Crippen molar-refractivity contribution in [3.8, 4) is 34.5 Å². The van der Waals surface area contributed by atoms with Crippen molar-refractivity contribution in [1.29, 1.82) is 0 Å². The van der Waals surface area contributed by atoms with Gasteiger partial charge in [-0.2, -0.15) is 0 Å². The number of aliphatic hydroxyl groups is 18. The zero-order valence-electron chi connectivity index (χ0n) is 63.2. The predicted molar refractivity (Wildman–Crippen MR) is 403 cm³/mol. The molecular weight excluding hydrogens is 1550 g/mol. The van der Waals surface area contributed by atoms with Crippen LogP contribution in [-0.2, 0) is 23.7 Å². The molecule has 37 nitrogen and oxygen atoms in total. The first-order valence-electron chi connectivity index (χ1n) is 36.5. The molecular formula is C80H90O37. The van der Waals surface area contributed by atoms with Crippen LogP contribution in [0.2, 0.25) is 0 Å². The molecule has 5 saturated heterocycles. The van der Waals surface area contributed by atoms with Gasteiger partial charge in [0.2, 0.25) is 31.5 Å². The molecule has 0 saturated carbocycles. The van der Waals surface area contributed by atoms with E-state index in [2.05, 4.69) is 6.58 Å². The summed E-state index contributed by atoms with van der Waals surface area (Å²) in [6.45, 7) is 12.7. The van der Waals surface area contributed by atoms with Crippen LogP contribution in [0.1, 0.15) is 41.7 Å². The second-order valence-electron chi connectivity index (χ2n) is 28.3. The molecule has 0 radical (unpaired) electrons. The van der Waals surface area contributed by atoms with Gasteiger partial charge < -0.3 is 162 Å². The molecule has 0 amide bonds. The van der Waals surface area contributed by atoms with E-state index in [9.17, 15) is 95.8 Å². The lowest BCUT2D eigenvalue weighted by Gasteiger charge is -2.39. The van der Waals surface area contributed by atoms with E-state index < -0.39 is 190 Å². The maximum Gasteiger partial charge on any atom is 0.336 e. The van der Waals surface area contributed by atoms with Crippen molar-refractivity contribution >= 4 is 49.5 Å². The van der Waals surface area contributed by atoms with Crippen LogP contribution in [0.3, 0.4) is 0 Å². The fourth-order valence-electron chi connectivity index (χ4n) is 13.1. The molecule has 24 atom stereocenters. The Hall–Kier alpha value is -9.70. The van der Waals surface area contributed by atoms with E-state index in [1.165, 1.54) is 48.5 Å². The van der Waals surface area contributed by atoms with E-state index in [0.717, 1.165) is 54.9 Å². The Morgan fingerprint density at radius 2 is 0.641 bits per heavy atom. The Balaban J connectivity index is 0.000000144. The van der Waals surface area contributed by atoms with E-state index >= 15 is 0 Å². The van der Waals surface area contributed by atoms with Gasteiger partial charge in [0.1, 0.15) is 172 Å². The van der Waals surface area contributed by atoms with Gasteiger partial charge in [0.15, 0.2) is 0 Å². The van der Waals surface area contributed by atoms with Crippen LogP contribution >= 0.6 is 0 Å². The normalized spacial score (nSPS) is 30.7. The summed E-state index contributed by atoms with van der Waals surface area (Å²) in [5, 5.41) is 177. The first kappa shape index (κ1) is 88.1. The van der Waals surface area contributed by atoms with Gasteiger partial charge in [0.25, 0.3) is 0 Å². The molecule has 4 aromatic heterocycles. The quantitative estimate of drug-likeness (QED) is 0.0613. The molecule has 9 aromatic rings. The Labute approximate surface area is 661 Å². The van der Waals surface area contributed by atoms with Crippen molar-refractivity contribution in [2.24, 2.45) is 0 Å². The van der Waals surface area contributed by atoms with Crippen LogP contribution in [0, 0.1) is 27.7 Å². The highest BCUT2D eigenvalue weighted by Gasteiger charge is 2.48. The molecule has 6 aliphatic heterocycles. The van der Waals surface area contributed by atoms with Gasteiger partial charge in [-0.15, -0.1) is 0 Å². The summed E-state index contributed by atoms with van der Waals surface area (Å²) in [7, 11) is 0. The molecule has 0 bridgehead atoms. The number of rotatable bonds is 13. The molecule has 37 heteroatoms. The van der Waals surface area contributed by atoms with E-state index in [4.69, 9.17) is 85.1 Å². The van der Waals surface area contributed by atoms with Gasteiger partial charge >= 0.3 is 22.5 Å². The average molecular weight is 1640 g/mol. The van der Waals surface area contributed by atoms with E-state index in [1.54, 1.807) is 95.3 Å². The second kappa shape index (κ2) is 37.9. The number of hydrogen-bond donors (Lipinski definition) is 18. The Morgan fingerprint density at radius 1 is 0.350 bits per heavy atom. The van der Waals surface area contributed by atoms with E-state index in [0.29, 0.717) is 45.3 Å². The molecule has 15 rings (SSSR count). The largest absolute Gasteiger partial charge is 0.462 e. The summed E-state index contributed by atoms with van der Waals surface area (Å²) < 4.78 is 80.0. The summed E-state index contributed by atoms with van der Waals surface area (Å²) in [5.74, 6) is 2.58. The molecule has 632 valence electrons. The molecule has 117 heavy (non-hydrogen) atoms. The summed E-state index contributed by atoms with van der Waals surface area (Å²) in [6.07, 6.45) is -29.3. The maximum atomic E-state index is 11.5. The highest BCUT2D eigenvalue weighted by Crippen LogP contribution is 2.38. The fourth-order valence-corrected chi connectivity index (χ4v) is 13.1. The lowest BCUT2D eigenvalue weighted by molar-refractivity contribution is -0.277. The molecule has 5 aromatic carbocycles. The van der Waals surface area contributed by atoms with Crippen LogP contribution in [-0.4, -0.2) is 266 Å². The third-order valence-electron chi connectivity index (χ3n) is 19.8. The van der Waals surface area contributed by atoms with Crippen molar-refractivity contribution < 1.29 is 162 Å². The number of aryl methyl sites for hydroxylation is 4. The Morgan fingerprint density at radius 3 is 0.974 bits per heavy atom. The third kappa shape index (κ3) is 20.4. The molecule has 0 aliphatic carbocycles. The summed E-state index contributed by atoms with van der Waals surface area (Å²) in [6, 6.07) is 29.9. The second-order valence-corrected chi connectivity index (χ2v) is 28.3. The number of allylic oxidation sites excluding steroid dienone is 2. The lowest BCUT2D eigenvalue weighted by atomic mass is 9.99. The number of benzene rings is 5. The standard InChI is InChI=1S/C17H20O6.3C16H18O8.C15H16O7/c1-8-6-9(2)21-13-7-11(4-5-12(8)13)23-17-16(20)15(19)14(18)10(3)22-17;3*1-7-4-12(18)23-10-5-8(2-3-9(7)10)22-16-15(21)14(20)13(19)11(6-17)24-16;1-7-4-12(17)22-11-5-8(2-3-9(7)11)21-15-14(19)13(18)10(16)6-20-15/h4-7,10,14-20H,2H2,1,3H3;3*2-5,11,13-17,19-21H,6H2,1H3;2-5,10,13-16,18-19H,6H2,1H3. The van der Waals surface area contributed by atoms with Crippen LogP contribution in [0.15, 0.2) is 171 Å². The zero-order chi connectivity index (χ0) is 84.9. The van der Waals surface area contributed by atoms with Crippen LogP contribution < -0.4 is 50.9 Å². The highest BCUT2D eigenvalue weighted by atomic mass is 16.7. The van der Waals surface area contributed by atoms with E-state index in [-0.39, 0.29) is 23.9 Å². The number of aliphatic hydroxyl groups excluding tert-OH is 18. The minimum Gasteiger partial charge on any atom is -0.462 e. The minimum atomic E-state index is -1.53. The lowest BCUT2D eigenvalue weighted by Crippen LogP contribution is -2.60. The topological polar surface area (TPSA) is 587 Å². The minimum absolute atomic E-state index is 0.148. The Bertz CT molecular complexity index is 4910. The van der Waals surface area contributed by atoms with Crippen molar-refractivity contribution in [3.05, 3.63) is 203 Å². The Kier molecular flexibility index (Phi) is 28.6. The SMILES string of the molecule is C=C1C=C(C)c2ccc(OC3OC(C)C(O)C(O)C3O)cc2O1.Cc1cc(=O)oc2cc(OC3OC(CO)C(O)C(O)C3O)ccc12.Cc1cc(=O)oc2cc(OC3OC(CO)C(O)C(O)C3O)ccc12.Cc1cc(=O)oc2cc(OC3OC(CO)C(O)C(O)C3O)ccc12.Cc1cc(=O)oc2cc(OC3OCC(O)C(O)C3O)ccc12. The van der Waals surface area contributed by atoms with Crippen LogP contribution in [0.4, 0.5) is 0 Å². The van der Waals surface area contributed by atoms with Gasteiger partial charge in [0, 0.05) is 81.7 Å². The predicted octanol–water partition coefficient (Wildman–Crippen LogP) is -1.04. The number of ether oxygens (including phenoxy) is 11. The van der Waals surface area contributed by atoms with Crippen LogP contribution in [0.25, 0.3) is 49.5 Å². The van der Waals surface area contributed by atoms with Crippen molar-refractivity contribution in [2.75, 3.05) is 26.4 Å². The number of fused-ring (bicyclic) bond motifs is 5. The molecule has 0 spiro atoms.